The summed E-state index contributed by atoms with van der Waals surface area (Å²) in [5, 5.41) is 0. The molecule has 2 aliphatic rings. The third kappa shape index (κ3) is 3.92. The van der Waals surface area contributed by atoms with Gasteiger partial charge >= 0.3 is 0 Å². The van der Waals surface area contributed by atoms with Gasteiger partial charge in [0.1, 0.15) is 17.9 Å². The van der Waals surface area contributed by atoms with E-state index in [1.165, 1.54) is 5.69 Å². The average Bonchev–Trinajstić information content (AvgIpc) is 3.25. The van der Waals surface area contributed by atoms with E-state index in [2.05, 4.69) is 47.9 Å². The van der Waals surface area contributed by atoms with E-state index < -0.39 is 5.92 Å². The summed E-state index contributed by atoms with van der Waals surface area (Å²) < 4.78 is 8.29. The van der Waals surface area contributed by atoms with E-state index in [4.69, 9.17) is 9.72 Å². The van der Waals surface area contributed by atoms with Crippen molar-refractivity contribution < 1.29 is 14.3 Å². The number of ether oxygens (including phenoxy) is 1. The van der Waals surface area contributed by atoms with Gasteiger partial charge in [-0.05, 0) is 42.9 Å². The fourth-order valence-corrected chi connectivity index (χ4v) is 6.21. The van der Waals surface area contributed by atoms with Crippen molar-refractivity contribution in [2.75, 3.05) is 6.61 Å². The molecule has 5 nitrogen and oxygen atoms in total. The van der Waals surface area contributed by atoms with Gasteiger partial charge in [-0.1, -0.05) is 62.4 Å². The second-order valence-corrected chi connectivity index (χ2v) is 9.98. The van der Waals surface area contributed by atoms with E-state index in [0.29, 0.717) is 26.1 Å². The lowest BCUT2D eigenvalue weighted by atomic mass is 9.54. The Kier molecular flexibility index (Phi) is 6.22. The van der Waals surface area contributed by atoms with Crippen LogP contribution in [0.15, 0.2) is 60.7 Å². The van der Waals surface area contributed by atoms with Crippen LogP contribution in [0.2, 0.25) is 0 Å². The number of imidazole rings is 1. The SMILES string of the molecule is C[C@@H]1C(=O)C(C=O)C[C@]2(C)c3nc(CCOCc4ccccc4)n(-c4ccccc4)c3CCC12. The Balaban J connectivity index is 1.48. The molecule has 0 aliphatic heterocycles. The van der Waals surface area contributed by atoms with Gasteiger partial charge in [0.25, 0.3) is 0 Å². The number of nitrogens with zero attached hydrogens (tertiary/aromatic N) is 2. The maximum atomic E-state index is 12.8. The van der Waals surface area contributed by atoms with Crippen LogP contribution in [0.5, 0.6) is 0 Å². The van der Waals surface area contributed by atoms with Crippen molar-refractivity contribution in [2.45, 2.75) is 51.6 Å². The zero-order valence-corrected chi connectivity index (χ0v) is 19.9. The monoisotopic (exact) mass is 456 g/mol. The Morgan fingerprint density at radius 3 is 2.53 bits per heavy atom. The molecule has 4 atom stereocenters. The molecule has 2 unspecified atom stereocenters. The highest BCUT2D eigenvalue weighted by atomic mass is 16.5. The first-order valence-corrected chi connectivity index (χ1v) is 12.3. The third-order valence-electron chi connectivity index (χ3n) is 7.92. The maximum Gasteiger partial charge on any atom is 0.146 e. The van der Waals surface area contributed by atoms with Gasteiger partial charge in [0.05, 0.1) is 24.8 Å². The van der Waals surface area contributed by atoms with E-state index in [9.17, 15) is 9.59 Å². The van der Waals surface area contributed by atoms with Gasteiger partial charge in [-0.3, -0.25) is 4.79 Å². The second kappa shape index (κ2) is 9.30. The predicted molar refractivity (Wildman–Crippen MR) is 131 cm³/mol. The minimum Gasteiger partial charge on any atom is -0.376 e. The van der Waals surface area contributed by atoms with E-state index in [1.54, 1.807) is 0 Å². The van der Waals surface area contributed by atoms with Gasteiger partial charge in [0.15, 0.2) is 0 Å². The molecule has 0 amide bonds. The van der Waals surface area contributed by atoms with E-state index >= 15 is 0 Å². The normalized spacial score (nSPS) is 26.1. The molecule has 1 fully saturated rings. The number of fused-ring (bicyclic) bond motifs is 3. The predicted octanol–water partition coefficient (Wildman–Crippen LogP) is 4.88. The first kappa shape index (κ1) is 22.7. The van der Waals surface area contributed by atoms with Gasteiger partial charge in [-0.25, -0.2) is 4.98 Å². The number of benzene rings is 2. The molecule has 0 radical (unpaired) electrons. The Hall–Kier alpha value is -3.05. The lowest BCUT2D eigenvalue weighted by Crippen LogP contribution is -2.51. The molecule has 0 saturated heterocycles. The summed E-state index contributed by atoms with van der Waals surface area (Å²) in [6, 6.07) is 20.5. The van der Waals surface area contributed by atoms with Crippen LogP contribution < -0.4 is 0 Å². The molecular weight excluding hydrogens is 424 g/mol. The van der Waals surface area contributed by atoms with Crippen LogP contribution in [0.1, 0.15) is 49.5 Å². The molecule has 5 rings (SSSR count). The number of Topliss-reactive ketones (excluding diaryl/α,β-unsaturated/α-hetero) is 1. The number of carbonyl (C=O) groups excluding carboxylic acids is 2. The van der Waals surface area contributed by atoms with Gasteiger partial charge in [0.2, 0.25) is 0 Å². The van der Waals surface area contributed by atoms with Crippen molar-refractivity contribution in [1.82, 2.24) is 9.55 Å². The molecule has 176 valence electrons. The molecule has 0 spiro atoms. The largest absolute Gasteiger partial charge is 0.376 e. The second-order valence-electron chi connectivity index (χ2n) is 9.98. The molecule has 5 heteroatoms. The lowest BCUT2D eigenvalue weighted by Gasteiger charge is -2.48. The van der Waals surface area contributed by atoms with Crippen molar-refractivity contribution in [3.05, 3.63) is 83.4 Å². The molecule has 3 aromatic rings. The first-order valence-electron chi connectivity index (χ1n) is 12.3. The topological polar surface area (TPSA) is 61.2 Å². The number of carbonyl (C=O) groups is 2. The van der Waals surface area contributed by atoms with Gasteiger partial charge in [0, 0.05) is 29.1 Å². The van der Waals surface area contributed by atoms with Gasteiger partial charge in [-0.2, -0.15) is 0 Å². The highest BCUT2D eigenvalue weighted by Gasteiger charge is 2.53. The number of hydrogen-bond acceptors (Lipinski definition) is 4. The highest BCUT2D eigenvalue weighted by Crippen LogP contribution is 2.52. The quantitative estimate of drug-likeness (QED) is 0.289. The summed E-state index contributed by atoms with van der Waals surface area (Å²) in [4.78, 5) is 29.8. The number of aromatic nitrogens is 2. The Labute approximate surface area is 201 Å². The standard InChI is InChI=1S/C29H32N2O3/c1-20-24-13-14-25-28(29(24,2)17-22(18-32)27(20)33)30-26(31(25)23-11-7-4-8-12-23)15-16-34-19-21-9-5-3-6-10-21/h3-12,18,20,22,24H,13-17,19H2,1-2H3/t20-,22?,24?,29-/m0/s1. The lowest BCUT2D eigenvalue weighted by molar-refractivity contribution is -0.137. The minimum atomic E-state index is -0.540. The fourth-order valence-electron chi connectivity index (χ4n) is 6.21. The maximum absolute atomic E-state index is 12.8. The van der Waals surface area contributed by atoms with Crippen molar-refractivity contribution in [3.8, 4) is 5.69 Å². The molecule has 1 heterocycles. The third-order valence-corrected chi connectivity index (χ3v) is 7.92. The van der Waals surface area contributed by atoms with Gasteiger partial charge < -0.3 is 14.1 Å². The van der Waals surface area contributed by atoms with Crippen LogP contribution in [0.4, 0.5) is 0 Å². The highest BCUT2D eigenvalue weighted by molar-refractivity contribution is 5.96. The van der Waals surface area contributed by atoms with Crippen LogP contribution in [-0.4, -0.2) is 28.2 Å². The smallest absolute Gasteiger partial charge is 0.146 e. The summed E-state index contributed by atoms with van der Waals surface area (Å²) in [7, 11) is 0. The summed E-state index contributed by atoms with van der Waals surface area (Å²) >= 11 is 0. The first-order chi connectivity index (χ1) is 16.5. The summed E-state index contributed by atoms with van der Waals surface area (Å²) in [5.41, 5.74) is 4.25. The molecule has 1 saturated carbocycles. The zero-order valence-electron chi connectivity index (χ0n) is 19.9. The van der Waals surface area contributed by atoms with Crippen molar-refractivity contribution >= 4 is 12.1 Å². The van der Waals surface area contributed by atoms with E-state index in [-0.39, 0.29) is 23.0 Å². The molecule has 2 aliphatic carbocycles. The summed E-state index contributed by atoms with van der Waals surface area (Å²) in [6.07, 6.45) is 3.91. The Morgan fingerprint density at radius 2 is 1.82 bits per heavy atom. The van der Waals surface area contributed by atoms with Crippen LogP contribution in [-0.2, 0) is 39.2 Å². The van der Waals surface area contributed by atoms with Crippen molar-refractivity contribution in [3.63, 3.8) is 0 Å². The zero-order chi connectivity index (χ0) is 23.7. The molecular formula is C29H32N2O3. The Bertz CT molecular complexity index is 1170. The molecule has 1 aromatic heterocycles. The number of para-hydroxylation sites is 1. The minimum absolute atomic E-state index is 0.0953. The van der Waals surface area contributed by atoms with Crippen molar-refractivity contribution in [1.29, 1.82) is 0 Å². The summed E-state index contributed by atoms with van der Waals surface area (Å²) in [6.45, 7) is 5.36. The van der Waals surface area contributed by atoms with E-state index in [1.807, 2.05) is 31.2 Å². The molecule has 2 aromatic carbocycles. The number of rotatable bonds is 7. The number of hydrogen-bond donors (Lipinski definition) is 0. The fraction of sp³-hybridized carbons (Fsp3) is 0.414. The van der Waals surface area contributed by atoms with Gasteiger partial charge in [-0.15, -0.1) is 0 Å². The molecule has 34 heavy (non-hydrogen) atoms. The molecule has 0 bridgehead atoms. The molecule has 0 N–H and O–H groups in total. The van der Waals surface area contributed by atoms with Crippen LogP contribution in [0.3, 0.4) is 0 Å². The average molecular weight is 457 g/mol. The van der Waals surface area contributed by atoms with Crippen LogP contribution in [0, 0.1) is 17.8 Å². The Morgan fingerprint density at radius 1 is 1.12 bits per heavy atom. The van der Waals surface area contributed by atoms with Crippen LogP contribution >= 0.6 is 0 Å². The van der Waals surface area contributed by atoms with Crippen molar-refractivity contribution in [2.24, 2.45) is 17.8 Å². The summed E-state index contributed by atoms with van der Waals surface area (Å²) in [5.74, 6) is 0.629. The van der Waals surface area contributed by atoms with Crippen LogP contribution in [0.25, 0.3) is 5.69 Å². The number of ketones is 1. The van der Waals surface area contributed by atoms with E-state index in [0.717, 1.165) is 41.9 Å². The number of aldehydes is 1.